The van der Waals surface area contributed by atoms with Crippen molar-refractivity contribution in [3.05, 3.63) is 119 Å². The molecule has 11 heteroatoms. The van der Waals surface area contributed by atoms with Crippen molar-refractivity contribution >= 4 is 50.5 Å². The molecule has 0 aliphatic rings. The summed E-state index contributed by atoms with van der Waals surface area (Å²) in [6.07, 6.45) is 0. The summed E-state index contributed by atoms with van der Waals surface area (Å²) in [4.78, 5) is 25.7. The number of hydrogen-bond acceptors (Lipinski definition) is 6. The summed E-state index contributed by atoms with van der Waals surface area (Å²) in [5.74, 6) is -0.425. The summed E-state index contributed by atoms with van der Waals surface area (Å²) in [5.41, 5.74) is 5.75. The van der Waals surface area contributed by atoms with E-state index in [2.05, 4.69) is 15.8 Å². The standard InChI is InChI=1S/C32H31ClN4O5S/c1-4-42-29-15-17-30(18-16-29)43(40,41)37(28-13-11-22(2)12-14-28)21-31(38)36-35-23(3)24-7-6-10-27(20-24)34-32(39)25-8-5-9-26(33)19-25/h5-20H,4,21H2,1-3H3,(H,34,39)(H,36,38)/b35-23-. The van der Waals surface area contributed by atoms with Crippen LogP contribution in [0.3, 0.4) is 0 Å². The van der Waals surface area contributed by atoms with Gasteiger partial charge in [0.1, 0.15) is 12.3 Å². The molecule has 0 saturated carbocycles. The number of amides is 2. The highest BCUT2D eigenvalue weighted by Gasteiger charge is 2.27. The molecule has 0 fully saturated rings. The van der Waals surface area contributed by atoms with Crippen LogP contribution in [0, 0.1) is 6.92 Å². The van der Waals surface area contributed by atoms with Crippen molar-refractivity contribution in [2.45, 2.75) is 25.7 Å². The Balaban J connectivity index is 1.50. The van der Waals surface area contributed by atoms with E-state index in [9.17, 15) is 18.0 Å². The number of carbonyl (C=O) groups is 2. The Morgan fingerprint density at radius 1 is 0.907 bits per heavy atom. The van der Waals surface area contributed by atoms with E-state index in [0.717, 1.165) is 9.87 Å². The molecule has 0 heterocycles. The first-order valence-corrected chi connectivity index (χ1v) is 15.2. The number of halogens is 1. The van der Waals surface area contributed by atoms with Gasteiger partial charge in [-0.25, -0.2) is 13.8 Å². The lowest BCUT2D eigenvalue weighted by atomic mass is 10.1. The first-order valence-electron chi connectivity index (χ1n) is 13.4. The van der Waals surface area contributed by atoms with Crippen molar-refractivity contribution in [3.63, 3.8) is 0 Å². The average molecular weight is 619 g/mol. The maximum atomic E-state index is 13.7. The Labute approximate surface area is 256 Å². The van der Waals surface area contributed by atoms with Crippen molar-refractivity contribution in [2.24, 2.45) is 5.10 Å². The zero-order chi connectivity index (χ0) is 31.0. The third-order valence-corrected chi connectivity index (χ3v) is 8.33. The van der Waals surface area contributed by atoms with Gasteiger partial charge in [0, 0.05) is 16.3 Å². The van der Waals surface area contributed by atoms with Gasteiger partial charge in [0.25, 0.3) is 21.8 Å². The maximum absolute atomic E-state index is 13.7. The molecule has 2 amide bonds. The molecule has 0 unspecified atom stereocenters. The van der Waals surface area contributed by atoms with Crippen LogP contribution < -0.4 is 19.8 Å². The van der Waals surface area contributed by atoms with Gasteiger partial charge in [-0.15, -0.1) is 0 Å². The molecule has 0 aliphatic carbocycles. The third kappa shape index (κ3) is 8.21. The number of sulfonamides is 1. The molecule has 43 heavy (non-hydrogen) atoms. The van der Waals surface area contributed by atoms with Gasteiger partial charge in [-0.2, -0.15) is 5.10 Å². The lowest BCUT2D eigenvalue weighted by Crippen LogP contribution is -2.39. The van der Waals surface area contributed by atoms with Crippen molar-refractivity contribution in [3.8, 4) is 5.75 Å². The first kappa shape index (κ1) is 31.3. The minimum absolute atomic E-state index is 0.0145. The van der Waals surface area contributed by atoms with Gasteiger partial charge in [-0.05, 0) is 93.1 Å². The molecule has 0 spiro atoms. The van der Waals surface area contributed by atoms with Crippen LogP contribution in [0.2, 0.25) is 5.02 Å². The largest absolute Gasteiger partial charge is 0.494 e. The summed E-state index contributed by atoms with van der Waals surface area (Å²) in [5, 5.41) is 7.45. The maximum Gasteiger partial charge on any atom is 0.264 e. The first-order chi connectivity index (χ1) is 20.6. The summed E-state index contributed by atoms with van der Waals surface area (Å²) in [6, 6.07) is 26.4. The van der Waals surface area contributed by atoms with Gasteiger partial charge in [-0.3, -0.25) is 13.9 Å². The summed E-state index contributed by atoms with van der Waals surface area (Å²) in [6.45, 7) is 5.35. The minimum atomic E-state index is -4.11. The highest BCUT2D eigenvalue weighted by molar-refractivity contribution is 7.92. The third-order valence-electron chi connectivity index (χ3n) is 6.31. The zero-order valence-electron chi connectivity index (χ0n) is 23.9. The Morgan fingerprint density at radius 3 is 2.26 bits per heavy atom. The molecule has 4 rings (SSSR count). The second-order valence-electron chi connectivity index (χ2n) is 9.53. The Kier molecular flexibility index (Phi) is 10.2. The average Bonchev–Trinajstić information content (AvgIpc) is 2.99. The number of benzene rings is 4. The van der Waals surface area contributed by atoms with Gasteiger partial charge in [0.15, 0.2) is 0 Å². The molecule has 9 nitrogen and oxygen atoms in total. The van der Waals surface area contributed by atoms with E-state index in [0.29, 0.717) is 45.6 Å². The molecule has 0 saturated heterocycles. The predicted molar refractivity (Wildman–Crippen MR) is 170 cm³/mol. The van der Waals surface area contributed by atoms with Crippen molar-refractivity contribution in [1.82, 2.24) is 5.43 Å². The van der Waals surface area contributed by atoms with Crippen molar-refractivity contribution in [1.29, 1.82) is 0 Å². The number of anilines is 2. The molecule has 0 aromatic heterocycles. The molecule has 4 aromatic carbocycles. The smallest absolute Gasteiger partial charge is 0.264 e. The molecular formula is C32H31ClN4O5S. The Bertz CT molecular complexity index is 1740. The molecule has 0 aliphatic heterocycles. The SMILES string of the molecule is CCOc1ccc(S(=O)(=O)N(CC(=O)N/N=C(/C)c2cccc(NC(=O)c3cccc(Cl)c3)c2)c2ccc(C)cc2)cc1. The van der Waals surface area contributed by atoms with Crippen molar-refractivity contribution in [2.75, 3.05) is 22.8 Å². The van der Waals surface area contributed by atoms with Crippen LogP contribution in [-0.4, -0.2) is 39.1 Å². The number of hydrogen-bond donors (Lipinski definition) is 2. The van der Waals surface area contributed by atoms with E-state index >= 15 is 0 Å². The van der Waals surface area contributed by atoms with Crippen LogP contribution in [0.5, 0.6) is 5.75 Å². The Morgan fingerprint density at radius 2 is 1.58 bits per heavy atom. The molecule has 0 radical (unpaired) electrons. The summed E-state index contributed by atoms with van der Waals surface area (Å²) in [7, 11) is -4.11. The van der Waals surface area contributed by atoms with Gasteiger partial charge in [-0.1, -0.05) is 47.5 Å². The fourth-order valence-corrected chi connectivity index (χ4v) is 5.67. The highest BCUT2D eigenvalue weighted by Crippen LogP contribution is 2.25. The Hall–Kier alpha value is -4.67. The fourth-order valence-electron chi connectivity index (χ4n) is 4.06. The normalized spacial score (nSPS) is 11.5. The molecule has 2 N–H and O–H groups in total. The zero-order valence-corrected chi connectivity index (χ0v) is 25.4. The molecule has 0 atom stereocenters. The fraction of sp³-hybridized carbons (Fsp3) is 0.156. The van der Waals surface area contributed by atoms with Crippen LogP contribution in [0.25, 0.3) is 0 Å². The summed E-state index contributed by atoms with van der Waals surface area (Å²) >= 11 is 5.99. The number of nitrogens with one attached hydrogen (secondary N) is 2. The molecule has 4 aromatic rings. The van der Waals surface area contributed by atoms with Crippen molar-refractivity contribution < 1.29 is 22.7 Å². The lowest BCUT2D eigenvalue weighted by Gasteiger charge is -2.24. The predicted octanol–water partition coefficient (Wildman–Crippen LogP) is 6.04. The number of hydrazone groups is 1. The minimum Gasteiger partial charge on any atom is -0.494 e. The lowest BCUT2D eigenvalue weighted by molar-refractivity contribution is -0.119. The van der Waals surface area contributed by atoms with Gasteiger partial charge in [0.2, 0.25) is 0 Å². The van der Waals surface area contributed by atoms with E-state index in [1.807, 2.05) is 13.8 Å². The molecule has 0 bridgehead atoms. The summed E-state index contributed by atoms with van der Waals surface area (Å²) < 4.78 is 33.8. The van der Waals surface area contributed by atoms with E-state index in [1.54, 1.807) is 91.9 Å². The van der Waals surface area contributed by atoms with E-state index in [1.165, 1.54) is 12.1 Å². The topological polar surface area (TPSA) is 117 Å². The molecular weight excluding hydrogens is 588 g/mol. The van der Waals surface area contributed by atoms with E-state index in [-0.39, 0.29) is 10.8 Å². The number of carbonyl (C=O) groups excluding carboxylic acids is 2. The number of nitrogens with zero attached hydrogens (tertiary/aromatic N) is 2. The van der Waals surface area contributed by atoms with Crippen LogP contribution in [0.1, 0.15) is 35.3 Å². The second-order valence-corrected chi connectivity index (χ2v) is 11.8. The van der Waals surface area contributed by atoms with Crippen LogP contribution in [-0.2, 0) is 14.8 Å². The van der Waals surface area contributed by atoms with E-state index < -0.39 is 22.5 Å². The van der Waals surface area contributed by atoms with Crippen LogP contribution in [0.15, 0.2) is 107 Å². The quantitative estimate of drug-likeness (QED) is 0.157. The second kappa shape index (κ2) is 14.0. The van der Waals surface area contributed by atoms with Gasteiger partial charge >= 0.3 is 0 Å². The van der Waals surface area contributed by atoms with E-state index in [4.69, 9.17) is 16.3 Å². The van der Waals surface area contributed by atoms with Crippen LogP contribution in [0.4, 0.5) is 11.4 Å². The monoisotopic (exact) mass is 618 g/mol. The highest BCUT2D eigenvalue weighted by atomic mass is 35.5. The number of ether oxygens (including phenoxy) is 1. The van der Waals surface area contributed by atoms with Gasteiger partial charge < -0.3 is 10.1 Å². The molecule has 222 valence electrons. The van der Waals surface area contributed by atoms with Crippen LogP contribution >= 0.6 is 11.6 Å². The number of aryl methyl sites for hydroxylation is 1. The number of rotatable bonds is 11. The van der Waals surface area contributed by atoms with Gasteiger partial charge in [0.05, 0.1) is 22.9 Å².